The number of alkyl halides is 1. The Kier molecular flexibility index (Phi) is 2.89. The van der Waals surface area contributed by atoms with Gasteiger partial charge >= 0.3 is 0 Å². The number of amides is 1. The molecule has 1 atom stereocenters. The molecular formula is C16H15ClF2N2O. The van der Waals surface area contributed by atoms with E-state index in [0.717, 1.165) is 25.3 Å². The number of hydrazone groups is 1. The van der Waals surface area contributed by atoms with Gasteiger partial charge in [-0.3, -0.25) is 4.79 Å². The molecule has 6 heteroatoms. The van der Waals surface area contributed by atoms with Crippen LogP contribution in [-0.2, 0) is 4.79 Å². The van der Waals surface area contributed by atoms with Gasteiger partial charge in [-0.05, 0) is 42.4 Å². The molecule has 5 rings (SSSR count). The average molecular weight is 325 g/mol. The van der Waals surface area contributed by atoms with Crippen molar-refractivity contribution in [1.82, 2.24) is 5.01 Å². The maximum atomic E-state index is 13.4. The molecule has 1 unspecified atom stereocenters. The summed E-state index contributed by atoms with van der Waals surface area (Å²) in [4.78, 5) is 12.8. The number of carbonyl (C=O) groups is 1. The second-order valence-corrected chi connectivity index (χ2v) is 7.11. The van der Waals surface area contributed by atoms with E-state index in [-0.39, 0.29) is 16.7 Å². The molecule has 1 aromatic carbocycles. The standard InChI is InChI=1S/C16H15ClF2N2O/c17-9-15-6-16(7-15,8-15)14(22)21-13(1-2-20-21)10-3-11(18)5-12(19)4-10/h2-5,13H,1,6-9H2. The minimum atomic E-state index is -0.638. The number of rotatable bonds is 3. The van der Waals surface area contributed by atoms with Crippen LogP contribution in [0.15, 0.2) is 23.3 Å². The fourth-order valence-corrected chi connectivity index (χ4v) is 4.55. The van der Waals surface area contributed by atoms with E-state index in [4.69, 9.17) is 11.6 Å². The van der Waals surface area contributed by atoms with Crippen molar-refractivity contribution in [2.24, 2.45) is 15.9 Å². The van der Waals surface area contributed by atoms with Crippen LogP contribution in [0, 0.1) is 22.5 Å². The van der Waals surface area contributed by atoms with Crippen molar-refractivity contribution in [1.29, 1.82) is 0 Å². The first-order chi connectivity index (χ1) is 10.5. The van der Waals surface area contributed by atoms with Crippen molar-refractivity contribution in [3.63, 3.8) is 0 Å². The minimum absolute atomic E-state index is 0.0390. The molecule has 3 nitrogen and oxygen atoms in total. The van der Waals surface area contributed by atoms with Crippen LogP contribution in [0.2, 0.25) is 0 Å². The molecule has 3 aliphatic carbocycles. The Morgan fingerprint density at radius 2 is 1.91 bits per heavy atom. The van der Waals surface area contributed by atoms with Crippen LogP contribution in [0.25, 0.3) is 0 Å². The Hall–Kier alpha value is -1.49. The maximum Gasteiger partial charge on any atom is 0.249 e. The fourth-order valence-electron chi connectivity index (χ4n) is 4.26. The number of hydrogen-bond acceptors (Lipinski definition) is 2. The number of benzene rings is 1. The third kappa shape index (κ3) is 1.84. The lowest BCUT2D eigenvalue weighted by Gasteiger charge is -2.69. The normalized spacial score (nSPS) is 35.2. The molecule has 0 radical (unpaired) electrons. The molecule has 116 valence electrons. The van der Waals surface area contributed by atoms with E-state index in [2.05, 4.69) is 5.10 Å². The first-order valence-corrected chi connectivity index (χ1v) is 7.89. The fraction of sp³-hybridized carbons (Fsp3) is 0.500. The minimum Gasteiger partial charge on any atom is -0.272 e. The van der Waals surface area contributed by atoms with Crippen molar-refractivity contribution in [3.8, 4) is 0 Å². The largest absolute Gasteiger partial charge is 0.272 e. The monoisotopic (exact) mass is 324 g/mol. The zero-order valence-corrected chi connectivity index (χ0v) is 12.6. The predicted molar refractivity (Wildman–Crippen MR) is 78.5 cm³/mol. The van der Waals surface area contributed by atoms with E-state index >= 15 is 0 Å². The van der Waals surface area contributed by atoms with Crippen molar-refractivity contribution in [3.05, 3.63) is 35.4 Å². The lowest BCUT2D eigenvalue weighted by molar-refractivity contribution is -0.209. The molecule has 3 saturated carbocycles. The van der Waals surface area contributed by atoms with E-state index in [0.29, 0.717) is 17.9 Å². The predicted octanol–water partition coefficient (Wildman–Crippen LogP) is 3.63. The van der Waals surface area contributed by atoms with Crippen LogP contribution in [0.5, 0.6) is 0 Å². The molecule has 0 N–H and O–H groups in total. The molecule has 0 spiro atoms. The maximum absolute atomic E-state index is 13.4. The smallest absolute Gasteiger partial charge is 0.249 e. The summed E-state index contributed by atoms with van der Waals surface area (Å²) in [7, 11) is 0. The number of halogens is 3. The summed E-state index contributed by atoms with van der Waals surface area (Å²) in [6.07, 6.45) is 4.52. The average Bonchev–Trinajstić information content (AvgIpc) is 2.83. The first kappa shape index (κ1) is 14.1. The lowest BCUT2D eigenvalue weighted by atomic mass is 9.35. The summed E-state index contributed by atoms with van der Waals surface area (Å²) in [6, 6.07) is 2.95. The van der Waals surface area contributed by atoms with Gasteiger partial charge in [0.15, 0.2) is 0 Å². The van der Waals surface area contributed by atoms with Gasteiger partial charge in [0.1, 0.15) is 11.6 Å². The Morgan fingerprint density at radius 1 is 1.27 bits per heavy atom. The van der Waals surface area contributed by atoms with Crippen molar-refractivity contribution < 1.29 is 13.6 Å². The Balaban J connectivity index is 1.57. The van der Waals surface area contributed by atoms with Gasteiger partial charge in [0.2, 0.25) is 5.91 Å². The topological polar surface area (TPSA) is 32.7 Å². The van der Waals surface area contributed by atoms with Crippen LogP contribution >= 0.6 is 11.6 Å². The molecular weight excluding hydrogens is 310 g/mol. The molecule has 3 fully saturated rings. The van der Waals surface area contributed by atoms with Crippen LogP contribution in [0.1, 0.15) is 37.3 Å². The third-order valence-electron chi connectivity index (χ3n) is 5.18. The lowest BCUT2D eigenvalue weighted by Crippen LogP contribution is -2.68. The summed E-state index contributed by atoms with van der Waals surface area (Å²) in [5.41, 5.74) is 0.240. The molecule has 0 aromatic heterocycles. The molecule has 1 amide bonds. The van der Waals surface area contributed by atoms with Gasteiger partial charge in [-0.25, -0.2) is 13.8 Å². The van der Waals surface area contributed by atoms with E-state index in [1.54, 1.807) is 6.21 Å². The molecule has 2 bridgehead atoms. The Morgan fingerprint density at radius 3 is 2.50 bits per heavy atom. The van der Waals surface area contributed by atoms with Gasteiger partial charge in [0.25, 0.3) is 0 Å². The second-order valence-electron chi connectivity index (χ2n) is 6.85. The van der Waals surface area contributed by atoms with Gasteiger partial charge in [-0.1, -0.05) is 0 Å². The van der Waals surface area contributed by atoms with E-state index < -0.39 is 17.7 Å². The quantitative estimate of drug-likeness (QED) is 0.781. The molecule has 1 heterocycles. The van der Waals surface area contributed by atoms with Gasteiger partial charge in [-0.2, -0.15) is 5.10 Å². The summed E-state index contributed by atoms with van der Waals surface area (Å²) in [5.74, 6) is -0.728. The second kappa shape index (κ2) is 4.51. The Bertz CT molecular complexity index is 651. The van der Waals surface area contributed by atoms with Gasteiger partial charge < -0.3 is 0 Å². The number of carbonyl (C=O) groups excluding carboxylic acids is 1. The van der Waals surface area contributed by atoms with Crippen molar-refractivity contribution >= 4 is 23.7 Å². The summed E-state index contributed by atoms with van der Waals surface area (Å²) >= 11 is 5.93. The Labute approximate surface area is 131 Å². The summed E-state index contributed by atoms with van der Waals surface area (Å²) in [5, 5.41) is 5.56. The SMILES string of the molecule is O=C(N1N=CCC1c1cc(F)cc(F)c1)C12CC(CCl)(C1)C2. The summed E-state index contributed by atoms with van der Waals surface area (Å²) in [6.45, 7) is 0. The molecule has 22 heavy (non-hydrogen) atoms. The zero-order chi connectivity index (χ0) is 15.5. The van der Waals surface area contributed by atoms with Gasteiger partial charge in [0, 0.05) is 24.6 Å². The van der Waals surface area contributed by atoms with Crippen LogP contribution < -0.4 is 0 Å². The number of nitrogens with zero attached hydrogens (tertiary/aromatic N) is 2. The van der Waals surface area contributed by atoms with Crippen molar-refractivity contribution in [2.75, 3.05) is 5.88 Å². The van der Waals surface area contributed by atoms with Gasteiger partial charge in [-0.15, -0.1) is 11.6 Å². The first-order valence-electron chi connectivity index (χ1n) is 7.35. The zero-order valence-electron chi connectivity index (χ0n) is 11.9. The van der Waals surface area contributed by atoms with E-state index in [9.17, 15) is 13.6 Å². The van der Waals surface area contributed by atoms with Crippen LogP contribution in [-0.4, -0.2) is 23.0 Å². The molecule has 1 aromatic rings. The van der Waals surface area contributed by atoms with E-state index in [1.165, 1.54) is 17.1 Å². The van der Waals surface area contributed by atoms with Crippen LogP contribution in [0.3, 0.4) is 0 Å². The number of hydrogen-bond donors (Lipinski definition) is 0. The van der Waals surface area contributed by atoms with Crippen LogP contribution in [0.4, 0.5) is 8.78 Å². The van der Waals surface area contributed by atoms with Gasteiger partial charge in [0.05, 0.1) is 11.5 Å². The van der Waals surface area contributed by atoms with E-state index in [1.807, 2.05) is 0 Å². The molecule has 1 aliphatic heterocycles. The highest BCUT2D eigenvalue weighted by Gasteiger charge is 2.72. The summed E-state index contributed by atoms with van der Waals surface area (Å²) < 4.78 is 26.9. The molecule has 4 aliphatic rings. The third-order valence-corrected chi connectivity index (χ3v) is 5.75. The highest BCUT2D eigenvalue weighted by molar-refractivity contribution is 6.18. The highest BCUT2D eigenvalue weighted by atomic mass is 35.5. The molecule has 0 saturated heterocycles. The highest BCUT2D eigenvalue weighted by Crippen LogP contribution is 2.74. The van der Waals surface area contributed by atoms with Crippen molar-refractivity contribution in [2.45, 2.75) is 31.7 Å².